The number of rotatable bonds is 4. The van der Waals surface area contributed by atoms with Crippen LogP contribution in [0.1, 0.15) is 17.3 Å². The number of fused-ring (bicyclic) bond motifs is 1. The first-order valence-electron chi connectivity index (χ1n) is 6.25. The van der Waals surface area contributed by atoms with Gasteiger partial charge in [-0.3, -0.25) is 0 Å². The van der Waals surface area contributed by atoms with Crippen LogP contribution in [0.3, 0.4) is 0 Å². The number of hydrogen-bond acceptors (Lipinski definition) is 6. The molecule has 0 unspecified atom stereocenters. The Morgan fingerprint density at radius 3 is 2.58 bits per heavy atom. The minimum absolute atomic E-state index is 0.275. The summed E-state index contributed by atoms with van der Waals surface area (Å²) in [5, 5.41) is 7.77. The number of nitrogens with zero attached hydrogens (tertiary/aromatic N) is 2. The molecule has 1 aromatic carbocycles. The van der Waals surface area contributed by atoms with Crippen molar-refractivity contribution in [2.75, 3.05) is 13.2 Å². The first kappa shape index (κ1) is 12.0. The maximum Gasteiger partial charge on any atom is 0.230 e. The summed E-state index contributed by atoms with van der Waals surface area (Å²) in [5.74, 6) is 2.68. The van der Waals surface area contributed by atoms with Crippen molar-refractivity contribution in [3.8, 4) is 11.5 Å². The van der Waals surface area contributed by atoms with Crippen LogP contribution >= 0.6 is 0 Å². The van der Waals surface area contributed by atoms with Gasteiger partial charge in [-0.05, 0) is 24.1 Å². The molecule has 0 fully saturated rings. The van der Waals surface area contributed by atoms with Crippen molar-refractivity contribution in [2.24, 2.45) is 5.73 Å². The number of aromatic nitrogens is 2. The van der Waals surface area contributed by atoms with Gasteiger partial charge in [-0.15, -0.1) is 10.2 Å². The van der Waals surface area contributed by atoms with Gasteiger partial charge in [0, 0.05) is 6.42 Å². The molecule has 2 N–H and O–H groups in total. The Bertz CT molecular complexity index is 568. The summed E-state index contributed by atoms with van der Waals surface area (Å²) in [6.07, 6.45) is 1.50. The molecule has 0 radical (unpaired) electrons. The average Bonchev–Trinajstić information content (AvgIpc) is 2.93. The van der Waals surface area contributed by atoms with Crippen LogP contribution in [0.15, 0.2) is 22.6 Å². The van der Waals surface area contributed by atoms with Gasteiger partial charge in [0.2, 0.25) is 11.8 Å². The quantitative estimate of drug-likeness (QED) is 0.886. The van der Waals surface area contributed by atoms with Gasteiger partial charge in [0.1, 0.15) is 13.2 Å². The van der Waals surface area contributed by atoms with Gasteiger partial charge < -0.3 is 19.6 Å². The van der Waals surface area contributed by atoms with Crippen LogP contribution in [0.5, 0.6) is 11.5 Å². The largest absolute Gasteiger partial charge is 0.486 e. The summed E-state index contributed by atoms with van der Waals surface area (Å²) < 4.78 is 16.4. The zero-order valence-corrected chi connectivity index (χ0v) is 10.5. The smallest absolute Gasteiger partial charge is 0.230 e. The molecule has 100 valence electrons. The van der Waals surface area contributed by atoms with Gasteiger partial charge in [0.15, 0.2) is 11.5 Å². The topological polar surface area (TPSA) is 83.4 Å². The highest BCUT2D eigenvalue weighted by Crippen LogP contribution is 2.31. The third-order valence-corrected chi connectivity index (χ3v) is 2.92. The van der Waals surface area contributed by atoms with E-state index in [9.17, 15) is 0 Å². The standard InChI is InChI=1S/C13H15N3O3/c14-8-13-16-15-12(19-13)4-2-9-1-3-10-11(7-9)18-6-5-17-10/h1,3,7H,2,4-6,8,14H2. The van der Waals surface area contributed by atoms with E-state index in [0.29, 0.717) is 31.4 Å². The molecule has 0 saturated carbocycles. The summed E-state index contributed by atoms with van der Waals surface area (Å²) in [4.78, 5) is 0. The van der Waals surface area contributed by atoms with Crippen molar-refractivity contribution in [3.05, 3.63) is 35.5 Å². The Hall–Kier alpha value is -2.08. The third kappa shape index (κ3) is 2.68. The Kier molecular flexibility index (Phi) is 3.33. The number of ether oxygens (including phenoxy) is 2. The molecule has 1 aliphatic heterocycles. The Morgan fingerprint density at radius 1 is 1.00 bits per heavy atom. The Morgan fingerprint density at radius 2 is 1.79 bits per heavy atom. The van der Waals surface area contributed by atoms with E-state index >= 15 is 0 Å². The van der Waals surface area contributed by atoms with Crippen molar-refractivity contribution in [1.82, 2.24) is 10.2 Å². The highest BCUT2D eigenvalue weighted by Gasteiger charge is 2.12. The predicted molar refractivity (Wildman–Crippen MR) is 67.0 cm³/mol. The maximum absolute atomic E-state index is 5.54. The van der Waals surface area contributed by atoms with E-state index in [1.54, 1.807) is 0 Å². The minimum atomic E-state index is 0.275. The van der Waals surface area contributed by atoms with E-state index in [0.717, 1.165) is 23.5 Å². The maximum atomic E-state index is 5.54. The lowest BCUT2D eigenvalue weighted by Gasteiger charge is -2.18. The van der Waals surface area contributed by atoms with Gasteiger partial charge >= 0.3 is 0 Å². The molecule has 2 aromatic rings. The normalized spacial score (nSPS) is 13.5. The fraction of sp³-hybridized carbons (Fsp3) is 0.385. The van der Waals surface area contributed by atoms with E-state index < -0.39 is 0 Å². The highest BCUT2D eigenvalue weighted by molar-refractivity contribution is 5.43. The molecule has 6 heteroatoms. The van der Waals surface area contributed by atoms with Crippen LogP contribution in [0, 0.1) is 0 Å². The van der Waals surface area contributed by atoms with Crippen molar-refractivity contribution in [1.29, 1.82) is 0 Å². The number of hydrogen-bond donors (Lipinski definition) is 1. The number of benzene rings is 1. The van der Waals surface area contributed by atoms with E-state index in [2.05, 4.69) is 10.2 Å². The van der Waals surface area contributed by atoms with Gasteiger partial charge in [-0.2, -0.15) is 0 Å². The highest BCUT2D eigenvalue weighted by atomic mass is 16.6. The minimum Gasteiger partial charge on any atom is -0.486 e. The molecule has 3 rings (SSSR count). The van der Waals surface area contributed by atoms with Crippen molar-refractivity contribution in [3.63, 3.8) is 0 Å². The van der Waals surface area contributed by atoms with E-state index in [4.69, 9.17) is 19.6 Å². The van der Waals surface area contributed by atoms with Gasteiger partial charge in [0.25, 0.3) is 0 Å². The zero-order valence-electron chi connectivity index (χ0n) is 10.5. The molecule has 2 heterocycles. The second kappa shape index (κ2) is 5.27. The van der Waals surface area contributed by atoms with Crippen molar-refractivity contribution < 1.29 is 13.9 Å². The van der Waals surface area contributed by atoms with E-state index in [-0.39, 0.29) is 6.54 Å². The summed E-state index contributed by atoms with van der Waals surface area (Å²) >= 11 is 0. The van der Waals surface area contributed by atoms with Crippen LogP contribution in [0.25, 0.3) is 0 Å². The average molecular weight is 261 g/mol. The van der Waals surface area contributed by atoms with Gasteiger partial charge in [0.05, 0.1) is 6.54 Å². The molecular formula is C13H15N3O3. The van der Waals surface area contributed by atoms with Crippen LogP contribution < -0.4 is 15.2 Å². The monoisotopic (exact) mass is 261 g/mol. The molecule has 0 spiro atoms. The molecule has 0 bridgehead atoms. The van der Waals surface area contributed by atoms with Crippen LogP contribution in [-0.2, 0) is 19.4 Å². The molecule has 19 heavy (non-hydrogen) atoms. The van der Waals surface area contributed by atoms with E-state index in [1.165, 1.54) is 0 Å². The fourth-order valence-electron chi connectivity index (χ4n) is 1.97. The summed E-state index contributed by atoms with van der Waals surface area (Å²) in [7, 11) is 0. The molecular weight excluding hydrogens is 246 g/mol. The fourth-order valence-corrected chi connectivity index (χ4v) is 1.97. The van der Waals surface area contributed by atoms with Crippen LogP contribution in [-0.4, -0.2) is 23.4 Å². The second-order valence-corrected chi connectivity index (χ2v) is 4.27. The Labute approximate surface area is 110 Å². The lowest BCUT2D eigenvalue weighted by Crippen LogP contribution is -2.15. The van der Waals surface area contributed by atoms with Crippen LogP contribution in [0.2, 0.25) is 0 Å². The molecule has 0 aliphatic carbocycles. The van der Waals surface area contributed by atoms with E-state index in [1.807, 2.05) is 18.2 Å². The molecule has 0 saturated heterocycles. The van der Waals surface area contributed by atoms with Crippen molar-refractivity contribution >= 4 is 0 Å². The lowest BCUT2D eigenvalue weighted by molar-refractivity contribution is 0.171. The van der Waals surface area contributed by atoms with Crippen molar-refractivity contribution in [2.45, 2.75) is 19.4 Å². The molecule has 0 atom stereocenters. The molecule has 6 nitrogen and oxygen atoms in total. The number of nitrogens with two attached hydrogens (primary N) is 1. The third-order valence-electron chi connectivity index (χ3n) is 2.92. The summed E-state index contributed by atoms with van der Waals surface area (Å²) in [5.41, 5.74) is 6.57. The van der Waals surface area contributed by atoms with Gasteiger partial charge in [-0.1, -0.05) is 6.07 Å². The van der Waals surface area contributed by atoms with Gasteiger partial charge in [-0.25, -0.2) is 0 Å². The van der Waals surface area contributed by atoms with Crippen LogP contribution in [0.4, 0.5) is 0 Å². The predicted octanol–water partition coefficient (Wildman–Crippen LogP) is 1.08. The molecule has 1 aliphatic rings. The number of aryl methyl sites for hydroxylation is 2. The first-order chi connectivity index (χ1) is 9.35. The Balaban J connectivity index is 1.66. The summed E-state index contributed by atoms with van der Waals surface area (Å²) in [6, 6.07) is 5.95. The molecule has 0 amide bonds. The zero-order chi connectivity index (χ0) is 13.1. The first-order valence-corrected chi connectivity index (χ1v) is 6.25. The lowest BCUT2D eigenvalue weighted by atomic mass is 10.1. The summed E-state index contributed by atoms with van der Waals surface area (Å²) in [6.45, 7) is 1.48. The molecule has 1 aromatic heterocycles. The SMILES string of the molecule is NCc1nnc(CCc2ccc3c(c2)OCCO3)o1. The second-order valence-electron chi connectivity index (χ2n) is 4.27.